The highest BCUT2D eigenvalue weighted by molar-refractivity contribution is 6.33. The number of fused-ring (bicyclic) bond motifs is 1. The van der Waals surface area contributed by atoms with Crippen molar-refractivity contribution in [2.24, 2.45) is 0 Å². The van der Waals surface area contributed by atoms with E-state index >= 15 is 0 Å². The number of benzene rings is 3. The summed E-state index contributed by atoms with van der Waals surface area (Å²) in [4.78, 5) is 35.5. The summed E-state index contributed by atoms with van der Waals surface area (Å²) in [6.45, 7) is 2.16. The van der Waals surface area contributed by atoms with Crippen LogP contribution in [0.5, 0.6) is 0 Å². The maximum absolute atomic E-state index is 13.9. The van der Waals surface area contributed by atoms with Crippen LogP contribution in [0.25, 0.3) is 16.6 Å². The Morgan fingerprint density at radius 3 is 2.34 bits per heavy atom. The molecule has 5 aromatic rings. The monoisotopic (exact) mass is 483 g/mol. The fourth-order valence-corrected chi connectivity index (χ4v) is 4.39. The molecular weight excluding hydrogens is 462 g/mol. The number of aromatic nitrogens is 4. The molecule has 2 aromatic heterocycles. The smallest absolute Gasteiger partial charge is 0.259 e. The van der Waals surface area contributed by atoms with Crippen molar-refractivity contribution < 1.29 is 4.79 Å². The second kappa shape index (κ2) is 9.56. The Labute approximate surface area is 206 Å². The van der Waals surface area contributed by atoms with E-state index in [-0.39, 0.29) is 23.2 Å². The van der Waals surface area contributed by atoms with Crippen LogP contribution in [0.1, 0.15) is 27.4 Å². The lowest BCUT2D eigenvalue weighted by molar-refractivity contribution is 0.0725. The van der Waals surface area contributed by atoms with Crippen LogP contribution < -0.4 is 5.56 Å². The first-order valence-corrected chi connectivity index (χ1v) is 11.5. The van der Waals surface area contributed by atoms with Gasteiger partial charge in [-0.15, -0.1) is 0 Å². The average Bonchev–Trinajstić information content (AvgIpc) is 3.18. The van der Waals surface area contributed by atoms with E-state index in [4.69, 9.17) is 11.6 Å². The molecule has 1 N–H and O–H groups in total. The number of aryl methyl sites for hydroxylation is 1. The quantitative estimate of drug-likeness (QED) is 0.372. The van der Waals surface area contributed by atoms with Gasteiger partial charge in [-0.2, -0.15) is 5.10 Å². The Morgan fingerprint density at radius 1 is 0.943 bits per heavy atom. The number of para-hydroxylation sites is 2. The SMILES string of the molecule is Cc1nn(-c2ccccc2)c(Cl)c1C(=O)N(Cc1ccccc1)Cc1nc2ccccc2c(=O)[nH]1. The third kappa shape index (κ3) is 4.58. The third-order valence-electron chi connectivity index (χ3n) is 5.72. The van der Waals surface area contributed by atoms with Gasteiger partial charge in [0, 0.05) is 6.54 Å². The minimum absolute atomic E-state index is 0.0973. The van der Waals surface area contributed by atoms with Crippen molar-refractivity contribution in [3.8, 4) is 5.69 Å². The third-order valence-corrected chi connectivity index (χ3v) is 6.07. The fraction of sp³-hybridized carbons (Fsp3) is 0.111. The normalized spacial score (nSPS) is 11.0. The van der Waals surface area contributed by atoms with Crippen molar-refractivity contribution in [1.82, 2.24) is 24.6 Å². The molecule has 1 amide bonds. The molecule has 174 valence electrons. The summed E-state index contributed by atoms with van der Waals surface area (Å²) < 4.78 is 1.56. The van der Waals surface area contributed by atoms with Crippen molar-refractivity contribution in [1.29, 1.82) is 0 Å². The molecule has 0 spiro atoms. The van der Waals surface area contributed by atoms with Crippen molar-refractivity contribution >= 4 is 28.4 Å². The number of hydrogen-bond donors (Lipinski definition) is 1. The highest BCUT2D eigenvalue weighted by atomic mass is 35.5. The van der Waals surface area contributed by atoms with Crippen LogP contribution >= 0.6 is 11.6 Å². The Bertz CT molecular complexity index is 1560. The van der Waals surface area contributed by atoms with E-state index in [2.05, 4.69) is 15.1 Å². The predicted octanol–water partition coefficient (Wildman–Crippen LogP) is 4.91. The molecule has 2 heterocycles. The zero-order chi connectivity index (χ0) is 24.4. The average molecular weight is 484 g/mol. The predicted molar refractivity (Wildman–Crippen MR) is 136 cm³/mol. The number of hydrogen-bond acceptors (Lipinski definition) is 4. The Balaban J connectivity index is 1.55. The molecule has 0 aliphatic heterocycles. The zero-order valence-electron chi connectivity index (χ0n) is 19.0. The van der Waals surface area contributed by atoms with Crippen molar-refractivity contribution in [2.45, 2.75) is 20.0 Å². The van der Waals surface area contributed by atoms with Gasteiger partial charge in [0.15, 0.2) is 0 Å². The highest BCUT2D eigenvalue weighted by Gasteiger charge is 2.26. The lowest BCUT2D eigenvalue weighted by Gasteiger charge is -2.22. The van der Waals surface area contributed by atoms with E-state index < -0.39 is 0 Å². The van der Waals surface area contributed by atoms with Crippen LogP contribution in [0.3, 0.4) is 0 Å². The first-order chi connectivity index (χ1) is 17.0. The number of aromatic amines is 1. The number of carbonyl (C=O) groups excluding carboxylic acids is 1. The van der Waals surface area contributed by atoms with E-state index in [1.807, 2.05) is 66.7 Å². The molecular formula is C27H22ClN5O2. The molecule has 8 heteroatoms. The van der Waals surface area contributed by atoms with E-state index in [1.54, 1.807) is 34.7 Å². The van der Waals surface area contributed by atoms with Crippen molar-refractivity contribution in [3.63, 3.8) is 0 Å². The lowest BCUT2D eigenvalue weighted by Crippen LogP contribution is -2.32. The topological polar surface area (TPSA) is 83.9 Å². The maximum atomic E-state index is 13.9. The van der Waals surface area contributed by atoms with Gasteiger partial charge in [0.2, 0.25) is 0 Å². The highest BCUT2D eigenvalue weighted by Crippen LogP contribution is 2.26. The standard InChI is InChI=1S/C27H22ClN5O2/c1-18-24(25(28)33(31-18)20-12-6-3-7-13-20)27(35)32(16-19-10-4-2-5-11-19)17-23-29-22-15-9-8-14-21(22)26(34)30-23/h2-15H,16-17H2,1H3,(H,29,30,34). The second-order valence-corrected chi connectivity index (χ2v) is 8.53. The summed E-state index contributed by atoms with van der Waals surface area (Å²) in [6, 6.07) is 26.2. The van der Waals surface area contributed by atoms with E-state index in [0.29, 0.717) is 34.5 Å². The molecule has 0 aliphatic carbocycles. The first kappa shape index (κ1) is 22.6. The van der Waals surface area contributed by atoms with Gasteiger partial charge < -0.3 is 9.88 Å². The second-order valence-electron chi connectivity index (χ2n) is 8.18. The Hall–Kier alpha value is -4.23. The van der Waals surface area contributed by atoms with Gasteiger partial charge in [0.1, 0.15) is 11.0 Å². The van der Waals surface area contributed by atoms with Gasteiger partial charge in [-0.3, -0.25) is 9.59 Å². The molecule has 35 heavy (non-hydrogen) atoms. The molecule has 0 atom stereocenters. The van der Waals surface area contributed by atoms with Gasteiger partial charge in [0.05, 0.1) is 34.4 Å². The van der Waals surface area contributed by atoms with Gasteiger partial charge >= 0.3 is 0 Å². The molecule has 0 saturated heterocycles. The van der Waals surface area contributed by atoms with Crippen LogP contribution in [0.2, 0.25) is 5.15 Å². The number of carbonyl (C=O) groups is 1. The number of nitrogens with one attached hydrogen (secondary N) is 1. The van der Waals surface area contributed by atoms with Crippen molar-refractivity contribution in [3.05, 3.63) is 123 Å². The number of halogens is 1. The summed E-state index contributed by atoms with van der Waals surface area (Å²) in [5.74, 6) is 0.0940. The van der Waals surface area contributed by atoms with Crippen LogP contribution in [-0.2, 0) is 13.1 Å². The Kier molecular flexibility index (Phi) is 6.16. The maximum Gasteiger partial charge on any atom is 0.259 e. The van der Waals surface area contributed by atoms with Gasteiger partial charge in [-0.05, 0) is 36.8 Å². The number of rotatable bonds is 6. The van der Waals surface area contributed by atoms with Crippen LogP contribution in [-0.4, -0.2) is 30.6 Å². The molecule has 0 aliphatic rings. The zero-order valence-corrected chi connectivity index (χ0v) is 19.7. The molecule has 0 fully saturated rings. The Morgan fingerprint density at radius 2 is 1.60 bits per heavy atom. The molecule has 5 rings (SSSR count). The number of nitrogens with zero attached hydrogens (tertiary/aromatic N) is 4. The van der Waals surface area contributed by atoms with Gasteiger partial charge in [-0.1, -0.05) is 72.3 Å². The van der Waals surface area contributed by atoms with Gasteiger partial charge in [-0.25, -0.2) is 9.67 Å². The summed E-state index contributed by atoms with van der Waals surface area (Å²) in [6.07, 6.45) is 0. The minimum atomic E-state index is -0.297. The van der Waals surface area contributed by atoms with E-state index in [0.717, 1.165) is 11.3 Å². The molecule has 0 bridgehead atoms. The fourth-order valence-electron chi connectivity index (χ4n) is 4.03. The molecule has 0 saturated carbocycles. The minimum Gasteiger partial charge on any atom is -0.327 e. The number of amides is 1. The molecule has 0 unspecified atom stereocenters. The summed E-state index contributed by atoms with van der Waals surface area (Å²) in [7, 11) is 0. The van der Waals surface area contributed by atoms with Crippen LogP contribution in [0.15, 0.2) is 89.7 Å². The van der Waals surface area contributed by atoms with Crippen LogP contribution in [0, 0.1) is 6.92 Å². The summed E-state index contributed by atoms with van der Waals surface area (Å²) in [5.41, 5.74) is 2.85. The largest absolute Gasteiger partial charge is 0.327 e. The molecule has 3 aromatic carbocycles. The summed E-state index contributed by atoms with van der Waals surface area (Å²) in [5, 5.41) is 5.25. The van der Waals surface area contributed by atoms with E-state index in [9.17, 15) is 9.59 Å². The van der Waals surface area contributed by atoms with Crippen molar-refractivity contribution in [2.75, 3.05) is 0 Å². The van der Waals surface area contributed by atoms with E-state index in [1.165, 1.54) is 0 Å². The molecule has 0 radical (unpaired) electrons. The number of H-pyrrole nitrogens is 1. The summed E-state index contributed by atoms with van der Waals surface area (Å²) >= 11 is 6.69. The molecule has 7 nitrogen and oxygen atoms in total. The first-order valence-electron chi connectivity index (χ1n) is 11.1. The van der Waals surface area contributed by atoms with Crippen LogP contribution in [0.4, 0.5) is 0 Å². The van der Waals surface area contributed by atoms with Gasteiger partial charge in [0.25, 0.3) is 11.5 Å². The lowest BCUT2D eigenvalue weighted by atomic mass is 10.1.